The largest absolute Gasteiger partial charge is 0.369 e. The van der Waals surface area contributed by atoms with Crippen LogP contribution in [0.2, 0.25) is 0 Å². The third-order valence-electron chi connectivity index (χ3n) is 5.61. The minimum absolute atomic E-state index is 0.0256. The molecular formula is C21H33N3O2. The number of nitrogens with one attached hydrogen (secondary N) is 1. The van der Waals surface area contributed by atoms with Crippen molar-refractivity contribution >= 4 is 11.9 Å². The van der Waals surface area contributed by atoms with E-state index in [1.54, 1.807) is 4.90 Å². The van der Waals surface area contributed by atoms with Crippen molar-refractivity contribution in [1.29, 1.82) is 0 Å². The lowest BCUT2D eigenvalue weighted by Gasteiger charge is -2.33. The number of hydrogen-bond acceptors (Lipinski definition) is 2. The Morgan fingerprint density at radius 2 is 1.65 bits per heavy atom. The Hall–Kier alpha value is -2.04. The molecule has 1 fully saturated rings. The molecule has 2 rings (SSSR count). The minimum Gasteiger partial charge on any atom is -0.369 e. The summed E-state index contributed by atoms with van der Waals surface area (Å²) >= 11 is 0. The van der Waals surface area contributed by atoms with Crippen LogP contribution in [-0.4, -0.2) is 29.9 Å². The molecule has 1 aromatic carbocycles. The second-order valence-electron chi connectivity index (χ2n) is 7.81. The van der Waals surface area contributed by atoms with Crippen LogP contribution in [0.1, 0.15) is 70.0 Å². The van der Waals surface area contributed by atoms with Gasteiger partial charge in [-0.1, -0.05) is 52.0 Å². The normalized spacial score (nSPS) is 17.8. The van der Waals surface area contributed by atoms with Gasteiger partial charge in [-0.15, -0.1) is 0 Å². The van der Waals surface area contributed by atoms with Gasteiger partial charge in [0.1, 0.15) is 0 Å². The molecule has 1 heterocycles. The number of nitrogens with two attached hydrogens (primary N) is 1. The molecule has 1 aromatic rings. The topological polar surface area (TPSA) is 75.4 Å². The molecule has 144 valence electrons. The molecule has 0 bridgehead atoms. The summed E-state index contributed by atoms with van der Waals surface area (Å²) in [6, 6.07) is 8.52. The molecule has 1 aliphatic rings. The van der Waals surface area contributed by atoms with E-state index in [1.807, 2.05) is 0 Å². The van der Waals surface area contributed by atoms with Gasteiger partial charge in [-0.05, 0) is 42.2 Å². The van der Waals surface area contributed by atoms with Crippen molar-refractivity contribution in [2.24, 2.45) is 17.6 Å². The lowest BCUT2D eigenvalue weighted by atomic mass is 9.92. The molecule has 0 aromatic heterocycles. The predicted octanol–water partition coefficient (Wildman–Crippen LogP) is 3.80. The molecule has 5 heteroatoms. The molecule has 26 heavy (non-hydrogen) atoms. The molecule has 3 amide bonds. The van der Waals surface area contributed by atoms with Gasteiger partial charge in [0.15, 0.2) is 0 Å². The average molecular weight is 360 g/mol. The Morgan fingerprint density at radius 1 is 1.12 bits per heavy atom. The number of likely N-dealkylation sites (tertiary alicyclic amines) is 1. The van der Waals surface area contributed by atoms with E-state index in [2.05, 4.69) is 57.3 Å². The number of primary amides is 1. The molecule has 2 unspecified atom stereocenters. The highest BCUT2D eigenvalue weighted by molar-refractivity contribution is 5.78. The highest BCUT2D eigenvalue weighted by atomic mass is 16.2. The zero-order valence-electron chi connectivity index (χ0n) is 16.5. The van der Waals surface area contributed by atoms with E-state index in [-0.39, 0.29) is 29.8 Å². The summed E-state index contributed by atoms with van der Waals surface area (Å²) in [5, 5.41) is 3.18. The number of hydrogen-bond donors (Lipinski definition) is 2. The van der Waals surface area contributed by atoms with Crippen LogP contribution >= 0.6 is 0 Å². The van der Waals surface area contributed by atoms with Gasteiger partial charge < -0.3 is 16.0 Å². The number of amides is 3. The number of benzene rings is 1. The third-order valence-corrected chi connectivity index (χ3v) is 5.61. The van der Waals surface area contributed by atoms with Gasteiger partial charge in [-0.25, -0.2) is 4.79 Å². The van der Waals surface area contributed by atoms with Crippen LogP contribution in [0.3, 0.4) is 0 Å². The van der Waals surface area contributed by atoms with Crippen molar-refractivity contribution in [3.8, 4) is 0 Å². The Labute approximate surface area is 157 Å². The van der Waals surface area contributed by atoms with E-state index in [4.69, 9.17) is 5.73 Å². The summed E-state index contributed by atoms with van der Waals surface area (Å²) < 4.78 is 0. The molecule has 1 saturated heterocycles. The molecule has 1 aliphatic heterocycles. The van der Waals surface area contributed by atoms with Gasteiger partial charge in [-0.2, -0.15) is 0 Å². The van der Waals surface area contributed by atoms with E-state index >= 15 is 0 Å². The number of nitrogens with zero attached hydrogens (tertiary/aromatic N) is 1. The first-order valence-electron chi connectivity index (χ1n) is 9.78. The SMILES string of the molecule is CCC(C)c1ccc(C(NC(=O)N2CCC(C(N)=O)CC2)C(C)C)cc1. The van der Waals surface area contributed by atoms with E-state index in [0.717, 1.165) is 12.0 Å². The Balaban J connectivity index is 2.02. The predicted molar refractivity (Wildman–Crippen MR) is 105 cm³/mol. The number of rotatable bonds is 6. The van der Waals surface area contributed by atoms with Gasteiger partial charge >= 0.3 is 6.03 Å². The maximum absolute atomic E-state index is 12.7. The molecule has 2 atom stereocenters. The minimum atomic E-state index is -0.258. The second-order valence-corrected chi connectivity index (χ2v) is 7.81. The van der Waals surface area contributed by atoms with E-state index < -0.39 is 0 Å². The van der Waals surface area contributed by atoms with Crippen molar-refractivity contribution in [2.75, 3.05) is 13.1 Å². The lowest BCUT2D eigenvalue weighted by molar-refractivity contribution is -0.123. The van der Waals surface area contributed by atoms with Gasteiger partial charge in [0.25, 0.3) is 0 Å². The fraction of sp³-hybridized carbons (Fsp3) is 0.619. The number of carbonyl (C=O) groups is 2. The van der Waals surface area contributed by atoms with Gasteiger partial charge in [-0.3, -0.25) is 4.79 Å². The van der Waals surface area contributed by atoms with E-state index in [1.165, 1.54) is 5.56 Å². The smallest absolute Gasteiger partial charge is 0.317 e. The number of piperidine rings is 1. The fourth-order valence-corrected chi connectivity index (χ4v) is 3.49. The average Bonchev–Trinajstić information content (AvgIpc) is 2.65. The third kappa shape index (κ3) is 4.99. The number of carbonyl (C=O) groups excluding carboxylic acids is 2. The van der Waals surface area contributed by atoms with Gasteiger partial charge in [0, 0.05) is 19.0 Å². The molecule has 0 radical (unpaired) electrons. The maximum atomic E-state index is 12.7. The van der Waals surface area contributed by atoms with Crippen molar-refractivity contribution in [3.05, 3.63) is 35.4 Å². The standard InChI is InChI=1S/C21H33N3O2/c1-5-15(4)16-6-8-17(9-7-16)19(14(2)3)23-21(26)24-12-10-18(11-13-24)20(22)25/h6-9,14-15,18-19H,5,10-13H2,1-4H3,(H2,22,25)(H,23,26). The fourth-order valence-electron chi connectivity index (χ4n) is 3.49. The summed E-state index contributed by atoms with van der Waals surface area (Å²) in [6.07, 6.45) is 2.42. The van der Waals surface area contributed by atoms with Crippen LogP contribution in [0.25, 0.3) is 0 Å². The molecule has 0 saturated carbocycles. The quantitative estimate of drug-likeness (QED) is 0.810. The molecular weight excluding hydrogens is 326 g/mol. The van der Waals surface area contributed by atoms with Crippen LogP contribution in [0, 0.1) is 11.8 Å². The Morgan fingerprint density at radius 3 is 2.12 bits per heavy atom. The summed E-state index contributed by atoms with van der Waals surface area (Å²) in [7, 11) is 0. The van der Waals surface area contributed by atoms with E-state index in [0.29, 0.717) is 31.8 Å². The first-order chi connectivity index (χ1) is 12.3. The highest BCUT2D eigenvalue weighted by Gasteiger charge is 2.28. The van der Waals surface area contributed by atoms with Crippen LogP contribution in [0.4, 0.5) is 4.79 Å². The van der Waals surface area contributed by atoms with Crippen LogP contribution in [0.5, 0.6) is 0 Å². The summed E-state index contributed by atoms with van der Waals surface area (Å²) in [5.74, 6) is 0.471. The molecule has 0 spiro atoms. The van der Waals surface area contributed by atoms with Crippen LogP contribution in [-0.2, 0) is 4.79 Å². The van der Waals surface area contributed by atoms with Crippen molar-refractivity contribution in [2.45, 2.75) is 58.9 Å². The molecule has 0 aliphatic carbocycles. The van der Waals surface area contributed by atoms with E-state index in [9.17, 15) is 9.59 Å². The summed E-state index contributed by atoms with van der Waals surface area (Å²) in [6.45, 7) is 9.82. The zero-order valence-corrected chi connectivity index (χ0v) is 16.5. The summed E-state index contributed by atoms with van der Waals surface area (Å²) in [4.78, 5) is 25.8. The Bertz CT molecular complexity index is 604. The van der Waals surface area contributed by atoms with Crippen LogP contribution < -0.4 is 11.1 Å². The van der Waals surface area contributed by atoms with Crippen LogP contribution in [0.15, 0.2) is 24.3 Å². The first-order valence-corrected chi connectivity index (χ1v) is 9.78. The molecule has 5 nitrogen and oxygen atoms in total. The lowest BCUT2D eigenvalue weighted by Crippen LogP contribution is -2.47. The van der Waals surface area contributed by atoms with Gasteiger partial charge in [0.05, 0.1) is 6.04 Å². The Kier molecular flexibility index (Phi) is 7.06. The monoisotopic (exact) mass is 359 g/mol. The zero-order chi connectivity index (χ0) is 19.3. The summed E-state index contributed by atoms with van der Waals surface area (Å²) in [5.41, 5.74) is 7.83. The maximum Gasteiger partial charge on any atom is 0.317 e. The number of urea groups is 1. The van der Waals surface area contributed by atoms with Crippen molar-refractivity contribution < 1.29 is 9.59 Å². The van der Waals surface area contributed by atoms with Crippen molar-refractivity contribution in [3.63, 3.8) is 0 Å². The van der Waals surface area contributed by atoms with Gasteiger partial charge in [0.2, 0.25) is 5.91 Å². The molecule has 3 N–H and O–H groups in total. The highest BCUT2D eigenvalue weighted by Crippen LogP contribution is 2.26. The van der Waals surface area contributed by atoms with Crippen molar-refractivity contribution in [1.82, 2.24) is 10.2 Å². The first kappa shape index (κ1) is 20.3. The second kappa shape index (κ2) is 9.06.